The van der Waals surface area contributed by atoms with E-state index in [2.05, 4.69) is 0 Å². The van der Waals surface area contributed by atoms with Crippen LogP contribution in [0.15, 0.2) is 42.5 Å². The number of halogens is 2. The van der Waals surface area contributed by atoms with Crippen LogP contribution in [0.3, 0.4) is 0 Å². The van der Waals surface area contributed by atoms with Crippen molar-refractivity contribution in [2.24, 2.45) is 0 Å². The first-order chi connectivity index (χ1) is 7.18. The van der Waals surface area contributed by atoms with E-state index >= 15 is 0 Å². The smallest absolute Gasteiger partial charge is 0.123 e. The van der Waals surface area contributed by atoms with E-state index in [1.807, 2.05) is 31.2 Å². The van der Waals surface area contributed by atoms with Crippen molar-refractivity contribution in [2.75, 3.05) is 0 Å². The third-order valence-electron chi connectivity index (χ3n) is 2.34. The Bertz CT molecular complexity index is 471. The Kier molecular flexibility index (Phi) is 2.74. The fourth-order valence-electron chi connectivity index (χ4n) is 1.64. The maximum Gasteiger partial charge on any atom is 0.123 e. The van der Waals surface area contributed by atoms with Crippen LogP contribution < -0.4 is 0 Å². The van der Waals surface area contributed by atoms with Crippen molar-refractivity contribution in [1.29, 1.82) is 0 Å². The summed E-state index contributed by atoms with van der Waals surface area (Å²) in [7, 11) is 0. The molecule has 0 atom stereocenters. The van der Waals surface area contributed by atoms with Gasteiger partial charge in [-0.3, -0.25) is 0 Å². The van der Waals surface area contributed by atoms with Gasteiger partial charge in [0.25, 0.3) is 0 Å². The minimum absolute atomic E-state index is 0.244. The Morgan fingerprint density at radius 1 is 1.07 bits per heavy atom. The Morgan fingerprint density at radius 3 is 2.47 bits per heavy atom. The highest BCUT2D eigenvalue weighted by atomic mass is 35.5. The van der Waals surface area contributed by atoms with Crippen LogP contribution in [0.4, 0.5) is 4.39 Å². The molecule has 2 aromatic carbocycles. The first-order valence-electron chi connectivity index (χ1n) is 4.69. The third kappa shape index (κ3) is 2.02. The summed E-state index contributed by atoms with van der Waals surface area (Å²) in [5, 5.41) is 0.653. The van der Waals surface area contributed by atoms with Crippen molar-refractivity contribution < 1.29 is 4.39 Å². The second-order valence-electron chi connectivity index (χ2n) is 3.44. The quantitative estimate of drug-likeness (QED) is 0.666. The molecule has 0 saturated heterocycles. The predicted molar refractivity (Wildman–Crippen MR) is 61.6 cm³/mol. The lowest BCUT2D eigenvalue weighted by molar-refractivity contribution is 0.628. The average Bonchev–Trinajstić information content (AvgIpc) is 2.17. The zero-order valence-electron chi connectivity index (χ0n) is 8.30. The zero-order valence-corrected chi connectivity index (χ0v) is 9.05. The van der Waals surface area contributed by atoms with Crippen molar-refractivity contribution in [2.45, 2.75) is 6.92 Å². The second kappa shape index (κ2) is 4.03. The molecular weight excluding hydrogens is 211 g/mol. The molecule has 76 valence electrons. The molecule has 0 fully saturated rings. The van der Waals surface area contributed by atoms with Crippen molar-refractivity contribution in [3.63, 3.8) is 0 Å². The molecule has 0 N–H and O–H groups in total. The zero-order chi connectivity index (χ0) is 10.8. The minimum atomic E-state index is -0.244. The van der Waals surface area contributed by atoms with E-state index < -0.39 is 0 Å². The number of rotatable bonds is 1. The fraction of sp³-hybridized carbons (Fsp3) is 0.0769. The molecule has 2 aromatic rings. The number of hydrogen-bond acceptors (Lipinski definition) is 0. The van der Waals surface area contributed by atoms with E-state index in [0.717, 1.165) is 16.7 Å². The van der Waals surface area contributed by atoms with Gasteiger partial charge in [0.2, 0.25) is 0 Å². The van der Waals surface area contributed by atoms with Crippen LogP contribution >= 0.6 is 11.6 Å². The number of hydrogen-bond donors (Lipinski definition) is 0. The topological polar surface area (TPSA) is 0 Å². The average molecular weight is 221 g/mol. The van der Waals surface area contributed by atoms with Crippen molar-refractivity contribution >= 4 is 11.6 Å². The molecule has 0 aliphatic rings. The summed E-state index contributed by atoms with van der Waals surface area (Å²) in [4.78, 5) is 0. The monoisotopic (exact) mass is 220 g/mol. The lowest BCUT2D eigenvalue weighted by Crippen LogP contribution is -1.85. The molecule has 0 aliphatic carbocycles. The van der Waals surface area contributed by atoms with Gasteiger partial charge in [0.1, 0.15) is 5.82 Å². The van der Waals surface area contributed by atoms with Gasteiger partial charge in [-0.2, -0.15) is 0 Å². The predicted octanol–water partition coefficient (Wildman–Crippen LogP) is 4.45. The van der Waals surface area contributed by atoms with Crippen molar-refractivity contribution in [1.82, 2.24) is 0 Å². The number of benzene rings is 2. The fourth-order valence-corrected chi connectivity index (χ4v) is 1.97. The molecule has 15 heavy (non-hydrogen) atoms. The van der Waals surface area contributed by atoms with Gasteiger partial charge in [0, 0.05) is 10.6 Å². The van der Waals surface area contributed by atoms with Crippen molar-refractivity contribution in [3.05, 3.63) is 58.9 Å². The van der Waals surface area contributed by atoms with E-state index in [-0.39, 0.29) is 5.82 Å². The standard InChI is InChI=1S/C13H10ClF/c1-9-4-2-7-12(14)13(9)10-5-3-6-11(15)8-10/h2-8H,1H3. The van der Waals surface area contributed by atoms with Gasteiger partial charge in [0.05, 0.1) is 0 Å². The molecular formula is C13H10ClF. The Hall–Kier alpha value is -1.34. The molecule has 0 bridgehead atoms. The number of aryl methyl sites for hydroxylation is 1. The van der Waals surface area contributed by atoms with Crippen LogP contribution in [-0.4, -0.2) is 0 Å². The minimum Gasteiger partial charge on any atom is -0.207 e. The van der Waals surface area contributed by atoms with Gasteiger partial charge < -0.3 is 0 Å². The van der Waals surface area contributed by atoms with E-state index in [0.29, 0.717) is 5.02 Å². The molecule has 0 aromatic heterocycles. The highest BCUT2D eigenvalue weighted by Gasteiger charge is 2.06. The SMILES string of the molecule is Cc1cccc(Cl)c1-c1cccc(F)c1. The van der Waals surface area contributed by atoms with Crippen LogP contribution in [0.25, 0.3) is 11.1 Å². The van der Waals surface area contributed by atoms with Gasteiger partial charge in [-0.1, -0.05) is 35.9 Å². The van der Waals surface area contributed by atoms with Gasteiger partial charge in [-0.25, -0.2) is 4.39 Å². The second-order valence-corrected chi connectivity index (χ2v) is 3.85. The highest BCUT2D eigenvalue weighted by molar-refractivity contribution is 6.33. The van der Waals surface area contributed by atoms with E-state index in [1.54, 1.807) is 6.07 Å². The Morgan fingerprint density at radius 2 is 1.80 bits per heavy atom. The molecule has 0 unspecified atom stereocenters. The molecule has 0 amide bonds. The summed E-state index contributed by atoms with van der Waals surface area (Å²) in [6.07, 6.45) is 0. The summed E-state index contributed by atoms with van der Waals surface area (Å²) in [5.41, 5.74) is 2.77. The summed E-state index contributed by atoms with van der Waals surface area (Å²) in [5.74, 6) is -0.244. The summed E-state index contributed by atoms with van der Waals surface area (Å²) in [6, 6.07) is 12.1. The maximum absolute atomic E-state index is 13.1. The van der Waals surface area contributed by atoms with Gasteiger partial charge in [0.15, 0.2) is 0 Å². The Balaban J connectivity index is 2.63. The lowest BCUT2D eigenvalue weighted by Gasteiger charge is -2.08. The first-order valence-corrected chi connectivity index (χ1v) is 5.07. The van der Waals surface area contributed by atoms with Crippen molar-refractivity contribution in [3.8, 4) is 11.1 Å². The van der Waals surface area contributed by atoms with Crippen LogP contribution in [0.2, 0.25) is 5.02 Å². The molecule has 2 heteroatoms. The molecule has 0 spiro atoms. The molecule has 0 aliphatic heterocycles. The van der Waals surface area contributed by atoms with Crippen LogP contribution in [0, 0.1) is 12.7 Å². The largest absolute Gasteiger partial charge is 0.207 e. The van der Waals surface area contributed by atoms with Crippen LogP contribution in [-0.2, 0) is 0 Å². The lowest BCUT2D eigenvalue weighted by atomic mass is 10.0. The third-order valence-corrected chi connectivity index (χ3v) is 2.65. The summed E-state index contributed by atoms with van der Waals surface area (Å²) in [6.45, 7) is 1.96. The molecule has 2 rings (SSSR count). The molecule has 0 radical (unpaired) electrons. The van der Waals surface area contributed by atoms with E-state index in [9.17, 15) is 4.39 Å². The van der Waals surface area contributed by atoms with Gasteiger partial charge in [-0.05, 0) is 36.2 Å². The van der Waals surface area contributed by atoms with Gasteiger partial charge in [-0.15, -0.1) is 0 Å². The molecule has 0 nitrogen and oxygen atoms in total. The first kappa shape index (κ1) is 10.2. The maximum atomic E-state index is 13.1. The summed E-state index contributed by atoms with van der Waals surface area (Å²) >= 11 is 6.09. The summed E-state index contributed by atoms with van der Waals surface area (Å²) < 4.78 is 13.1. The van der Waals surface area contributed by atoms with E-state index in [4.69, 9.17) is 11.6 Å². The highest BCUT2D eigenvalue weighted by Crippen LogP contribution is 2.31. The molecule has 0 saturated carbocycles. The van der Waals surface area contributed by atoms with E-state index in [1.165, 1.54) is 12.1 Å². The van der Waals surface area contributed by atoms with Crippen LogP contribution in [0.5, 0.6) is 0 Å². The molecule has 0 heterocycles. The Labute approximate surface area is 93.3 Å². The van der Waals surface area contributed by atoms with Gasteiger partial charge >= 0.3 is 0 Å². The van der Waals surface area contributed by atoms with Crippen LogP contribution in [0.1, 0.15) is 5.56 Å². The normalized spacial score (nSPS) is 10.3.